The summed E-state index contributed by atoms with van der Waals surface area (Å²) < 4.78 is 37.8. The third kappa shape index (κ3) is 3.29. The van der Waals surface area contributed by atoms with Crippen LogP contribution in [-0.4, -0.2) is 5.11 Å². The number of hydrogen-bond donors (Lipinski definition) is 2. The highest BCUT2D eigenvalue weighted by atomic mass is 35.5. The second-order valence-corrected chi connectivity index (χ2v) is 6.12. The number of halogens is 4. The summed E-state index contributed by atoms with van der Waals surface area (Å²) in [4.78, 5) is 0.591. The first kappa shape index (κ1) is 14.4. The molecule has 0 amide bonds. The van der Waals surface area contributed by atoms with Crippen molar-refractivity contribution in [3.8, 4) is 5.06 Å². The van der Waals surface area contributed by atoms with Gasteiger partial charge in [0.25, 0.3) is 0 Å². The van der Waals surface area contributed by atoms with Crippen LogP contribution in [0.25, 0.3) is 0 Å². The van der Waals surface area contributed by atoms with Crippen molar-refractivity contribution < 1.29 is 18.3 Å². The second kappa shape index (κ2) is 5.15. The highest BCUT2D eigenvalue weighted by Crippen LogP contribution is 2.44. The zero-order chi connectivity index (χ0) is 14.2. The number of anilines is 1. The van der Waals surface area contributed by atoms with E-state index in [1.165, 1.54) is 12.1 Å². The van der Waals surface area contributed by atoms with Crippen LogP contribution in [0.1, 0.15) is 5.56 Å². The Morgan fingerprint density at radius 3 is 2.42 bits per heavy atom. The number of aromatic hydroxyl groups is 1. The van der Waals surface area contributed by atoms with Crippen LogP contribution < -0.4 is 5.73 Å². The van der Waals surface area contributed by atoms with E-state index in [-0.39, 0.29) is 15.0 Å². The molecule has 0 saturated carbocycles. The maximum absolute atomic E-state index is 12.6. The molecule has 8 heteroatoms. The van der Waals surface area contributed by atoms with E-state index in [9.17, 15) is 18.3 Å². The molecule has 3 N–H and O–H groups in total. The summed E-state index contributed by atoms with van der Waals surface area (Å²) in [5.41, 5.74) is 4.71. The SMILES string of the molecule is Nc1cc(Sc2cc(C(F)(F)F)ccc2Cl)c(O)s1. The second-order valence-electron chi connectivity index (χ2n) is 3.56. The molecule has 0 radical (unpaired) electrons. The van der Waals surface area contributed by atoms with Gasteiger partial charge >= 0.3 is 6.18 Å². The van der Waals surface area contributed by atoms with E-state index in [1.807, 2.05) is 0 Å². The minimum atomic E-state index is -4.43. The number of benzene rings is 1. The normalized spacial score (nSPS) is 11.8. The zero-order valence-electron chi connectivity index (χ0n) is 9.16. The van der Waals surface area contributed by atoms with Crippen LogP contribution in [0, 0.1) is 0 Å². The molecular weight excluding hydrogens is 319 g/mol. The molecule has 2 aromatic rings. The maximum atomic E-state index is 12.6. The molecular formula is C11H7ClF3NOS2. The van der Waals surface area contributed by atoms with Crippen molar-refractivity contribution >= 4 is 39.7 Å². The Kier molecular flexibility index (Phi) is 3.89. The Labute approximate surface area is 120 Å². The number of nitrogen functional groups attached to an aromatic ring is 1. The average molecular weight is 326 g/mol. The maximum Gasteiger partial charge on any atom is 0.416 e. The van der Waals surface area contributed by atoms with Crippen molar-refractivity contribution in [1.82, 2.24) is 0 Å². The van der Waals surface area contributed by atoms with Gasteiger partial charge in [-0.15, -0.1) is 0 Å². The average Bonchev–Trinajstić information content (AvgIpc) is 2.59. The highest BCUT2D eigenvalue weighted by molar-refractivity contribution is 7.99. The van der Waals surface area contributed by atoms with Gasteiger partial charge in [0.1, 0.15) is 0 Å². The largest absolute Gasteiger partial charge is 0.499 e. The lowest BCUT2D eigenvalue weighted by Crippen LogP contribution is -2.04. The number of thiophene rings is 1. The van der Waals surface area contributed by atoms with Crippen LogP contribution in [0.2, 0.25) is 5.02 Å². The summed E-state index contributed by atoms with van der Waals surface area (Å²) in [6.45, 7) is 0. The van der Waals surface area contributed by atoms with Crippen molar-refractivity contribution in [2.45, 2.75) is 16.0 Å². The predicted octanol–water partition coefficient (Wildman–Crippen LogP) is 4.86. The number of nitrogens with two attached hydrogens (primary N) is 1. The van der Waals surface area contributed by atoms with Gasteiger partial charge < -0.3 is 10.8 Å². The molecule has 0 aliphatic heterocycles. The quantitative estimate of drug-likeness (QED) is 0.829. The van der Waals surface area contributed by atoms with E-state index in [0.29, 0.717) is 9.90 Å². The van der Waals surface area contributed by atoms with Crippen LogP contribution in [0.4, 0.5) is 18.2 Å². The molecule has 0 unspecified atom stereocenters. The Morgan fingerprint density at radius 1 is 1.21 bits per heavy atom. The van der Waals surface area contributed by atoms with Crippen molar-refractivity contribution in [2.24, 2.45) is 0 Å². The van der Waals surface area contributed by atoms with Crippen molar-refractivity contribution in [1.29, 1.82) is 0 Å². The zero-order valence-corrected chi connectivity index (χ0v) is 11.6. The van der Waals surface area contributed by atoms with Crippen LogP contribution in [-0.2, 0) is 6.18 Å². The molecule has 102 valence electrons. The molecule has 0 aliphatic rings. The van der Waals surface area contributed by atoms with E-state index in [2.05, 4.69) is 0 Å². The molecule has 0 spiro atoms. The number of rotatable bonds is 2. The van der Waals surface area contributed by atoms with Crippen LogP contribution in [0.3, 0.4) is 0 Å². The summed E-state index contributed by atoms with van der Waals surface area (Å²) >= 11 is 7.75. The van der Waals surface area contributed by atoms with E-state index in [4.69, 9.17) is 17.3 Å². The summed E-state index contributed by atoms with van der Waals surface area (Å²) in [5.74, 6) is 0. The van der Waals surface area contributed by atoms with Gasteiger partial charge in [-0.2, -0.15) is 13.2 Å². The van der Waals surface area contributed by atoms with E-state index in [1.54, 1.807) is 0 Å². The first-order chi connectivity index (χ1) is 8.77. The van der Waals surface area contributed by atoms with Crippen molar-refractivity contribution in [3.63, 3.8) is 0 Å². The van der Waals surface area contributed by atoms with Gasteiger partial charge in [-0.3, -0.25) is 0 Å². The molecule has 2 rings (SSSR count). The molecule has 0 atom stereocenters. The van der Waals surface area contributed by atoms with Gasteiger partial charge in [-0.05, 0) is 24.3 Å². The van der Waals surface area contributed by atoms with Crippen molar-refractivity contribution in [2.75, 3.05) is 5.73 Å². The Balaban J connectivity index is 2.37. The minimum absolute atomic E-state index is 0.0454. The van der Waals surface area contributed by atoms with E-state index in [0.717, 1.165) is 35.2 Å². The van der Waals surface area contributed by atoms with E-state index >= 15 is 0 Å². The lowest BCUT2D eigenvalue weighted by atomic mass is 10.2. The number of alkyl halides is 3. The third-order valence-electron chi connectivity index (χ3n) is 2.18. The lowest BCUT2D eigenvalue weighted by Gasteiger charge is -2.09. The number of hydrogen-bond acceptors (Lipinski definition) is 4. The first-order valence-electron chi connectivity index (χ1n) is 4.90. The Bertz CT molecular complexity index is 612. The van der Waals surface area contributed by atoms with Gasteiger partial charge in [0.05, 0.1) is 20.5 Å². The highest BCUT2D eigenvalue weighted by Gasteiger charge is 2.31. The molecule has 1 aromatic heterocycles. The van der Waals surface area contributed by atoms with Crippen LogP contribution >= 0.6 is 34.7 Å². The molecule has 0 bridgehead atoms. The molecule has 0 aliphatic carbocycles. The smallest absolute Gasteiger partial charge is 0.416 e. The standard InChI is InChI=1S/C11H7ClF3NOS2/c12-6-2-1-5(11(13,14)15)3-7(6)18-8-4-9(16)19-10(8)17/h1-4,17H,16H2. The van der Waals surface area contributed by atoms with Gasteiger partial charge in [0, 0.05) is 4.90 Å². The van der Waals surface area contributed by atoms with E-state index < -0.39 is 11.7 Å². The summed E-state index contributed by atoms with van der Waals surface area (Å²) in [7, 11) is 0. The van der Waals surface area contributed by atoms with Crippen LogP contribution in [0.15, 0.2) is 34.1 Å². The summed E-state index contributed by atoms with van der Waals surface area (Å²) in [6, 6.07) is 4.52. The molecule has 1 aromatic carbocycles. The molecule has 0 saturated heterocycles. The topological polar surface area (TPSA) is 46.2 Å². The van der Waals surface area contributed by atoms with Crippen molar-refractivity contribution in [3.05, 3.63) is 34.9 Å². The lowest BCUT2D eigenvalue weighted by molar-refractivity contribution is -0.137. The Hall–Kier alpha value is -1.05. The van der Waals surface area contributed by atoms with Gasteiger partial charge in [-0.1, -0.05) is 34.7 Å². The fourth-order valence-corrected chi connectivity index (χ4v) is 3.31. The molecule has 19 heavy (non-hydrogen) atoms. The third-order valence-corrected chi connectivity index (χ3v) is 4.60. The fourth-order valence-electron chi connectivity index (χ4n) is 1.33. The molecule has 1 heterocycles. The molecule has 0 fully saturated rings. The fraction of sp³-hybridized carbons (Fsp3) is 0.0909. The predicted molar refractivity (Wildman–Crippen MR) is 71.0 cm³/mol. The first-order valence-corrected chi connectivity index (χ1v) is 6.91. The minimum Gasteiger partial charge on any atom is -0.499 e. The molecule has 2 nitrogen and oxygen atoms in total. The van der Waals surface area contributed by atoms with Gasteiger partial charge in [0.2, 0.25) is 0 Å². The summed E-state index contributed by atoms with van der Waals surface area (Å²) in [5, 5.41) is 10.1. The van der Waals surface area contributed by atoms with Gasteiger partial charge in [0.15, 0.2) is 5.06 Å². The van der Waals surface area contributed by atoms with Crippen LogP contribution in [0.5, 0.6) is 5.06 Å². The monoisotopic (exact) mass is 325 g/mol. The summed E-state index contributed by atoms with van der Waals surface area (Å²) in [6.07, 6.45) is -4.43. The Morgan fingerprint density at radius 2 is 1.89 bits per heavy atom. The van der Waals surface area contributed by atoms with Gasteiger partial charge in [-0.25, -0.2) is 0 Å².